The third-order valence-corrected chi connectivity index (χ3v) is 3.73. The molecule has 2 N–H and O–H groups in total. The standard InChI is InChI=1S/C18H16ClFN4/c1-11-5-3-4-6-16(11)23-18-21-12(2)9-17(24-18)22-13-7-8-15(20)14(19)10-13/h3-10H,1-2H3,(H2,21,22,23,24). The van der Waals surface area contributed by atoms with Crippen molar-refractivity contribution < 1.29 is 4.39 Å². The Morgan fingerprint density at radius 1 is 0.958 bits per heavy atom. The lowest BCUT2D eigenvalue weighted by Crippen LogP contribution is -2.03. The minimum atomic E-state index is -0.456. The van der Waals surface area contributed by atoms with E-state index in [0.29, 0.717) is 17.5 Å². The van der Waals surface area contributed by atoms with E-state index in [9.17, 15) is 4.39 Å². The molecule has 4 nitrogen and oxygen atoms in total. The zero-order valence-electron chi connectivity index (χ0n) is 13.3. The van der Waals surface area contributed by atoms with Gasteiger partial charge in [-0.05, 0) is 43.7 Å². The number of hydrogen-bond acceptors (Lipinski definition) is 4. The summed E-state index contributed by atoms with van der Waals surface area (Å²) < 4.78 is 13.3. The molecule has 0 radical (unpaired) electrons. The first-order valence-corrected chi connectivity index (χ1v) is 7.79. The fourth-order valence-corrected chi connectivity index (χ4v) is 2.42. The average molecular weight is 343 g/mol. The highest BCUT2D eigenvalue weighted by Crippen LogP contribution is 2.24. The van der Waals surface area contributed by atoms with Crippen LogP contribution in [0, 0.1) is 19.7 Å². The lowest BCUT2D eigenvalue weighted by molar-refractivity contribution is 0.628. The Labute approximate surface area is 144 Å². The van der Waals surface area contributed by atoms with Crippen LogP contribution in [0.3, 0.4) is 0 Å². The van der Waals surface area contributed by atoms with Crippen molar-refractivity contribution in [2.24, 2.45) is 0 Å². The zero-order chi connectivity index (χ0) is 17.1. The average Bonchev–Trinajstić information content (AvgIpc) is 2.53. The second-order valence-corrected chi connectivity index (χ2v) is 5.82. The van der Waals surface area contributed by atoms with E-state index in [4.69, 9.17) is 11.6 Å². The Morgan fingerprint density at radius 3 is 2.50 bits per heavy atom. The molecule has 0 fully saturated rings. The quantitative estimate of drug-likeness (QED) is 0.669. The first-order valence-electron chi connectivity index (χ1n) is 7.42. The number of nitrogens with one attached hydrogen (secondary N) is 2. The Morgan fingerprint density at radius 2 is 1.75 bits per heavy atom. The number of para-hydroxylation sites is 1. The number of hydrogen-bond donors (Lipinski definition) is 2. The van der Waals surface area contributed by atoms with Gasteiger partial charge in [0.1, 0.15) is 11.6 Å². The van der Waals surface area contributed by atoms with Crippen LogP contribution < -0.4 is 10.6 Å². The van der Waals surface area contributed by atoms with E-state index < -0.39 is 5.82 Å². The Balaban J connectivity index is 1.86. The maximum absolute atomic E-state index is 13.3. The summed E-state index contributed by atoms with van der Waals surface area (Å²) in [6.07, 6.45) is 0. The molecule has 0 spiro atoms. The third kappa shape index (κ3) is 3.81. The molecule has 24 heavy (non-hydrogen) atoms. The van der Waals surface area contributed by atoms with Crippen molar-refractivity contribution in [2.45, 2.75) is 13.8 Å². The van der Waals surface area contributed by atoms with Crippen LogP contribution >= 0.6 is 11.6 Å². The zero-order valence-corrected chi connectivity index (χ0v) is 14.0. The summed E-state index contributed by atoms with van der Waals surface area (Å²) in [5.41, 5.74) is 3.50. The van der Waals surface area contributed by atoms with Crippen LogP contribution in [-0.4, -0.2) is 9.97 Å². The Bertz CT molecular complexity index is 883. The number of benzene rings is 2. The van der Waals surface area contributed by atoms with Gasteiger partial charge in [0.05, 0.1) is 5.02 Å². The van der Waals surface area contributed by atoms with Crippen molar-refractivity contribution >= 4 is 34.7 Å². The predicted octanol–water partition coefficient (Wildman–Crippen LogP) is 5.37. The monoisotopic (exact) mass is 342 g/mol. The van der Waals surface area contributed by atoms with E-state index in [1.54, 1.807) is 12.1 Å². The molecule has 0 saturated carbocycles. The van der Waals surface area contributed by atoms with Gasteiger partial charge >= 0.3 is 0 Å². The van der Waals surface area contributed by atoms with Crippen molar-refractivity contribution in [3.05, 3.63) is 70.6 Å². The second kappa shape index (κ2) is 6.84. The first-order chi connectivity index (χ1) is 11.5. The van der Waals surface area contributed by atoms with Crippen molar-refractivity contribution in [3.8, 4) is 0 Å². The Hall–Kier alpha value is -2.66. The van der Waals surface area contributed by atoms with Gasteiger partial charge in [0, 0.05) is 23.1 Å². The van der Waals surface area contributed by atoms with Gasteiger partial charge < -0.3 is 10.6 Å². The van der Waals surface area contributed by atoms with Crippen LogP contribution in [0.2, 0.25) is 5.02 Å². The molecule has 0 aliphatic rings. The number of anilines is 4. The van der Waals surface area contributed by atoms with E-state index in [1.807, 2.05) is 38.1 Å². The van der Waals surface area contributed by atoms with E-state index in [1.165, 1.54) is 12.1 Å². The van der Waals surface area contributed by atoms with Crippen LogP contribution in [0.1, 0.15) is 11.3 Å². The molecule has 122 valence electrons. The highest BCUT2D eigenvalue weighted by Gasteiger charge is 2.06. The third-order valence-electron chi connectivity index (χ3n) is 3.44. The van der Waals surface area contributed by atoms with Crippen molar-refractivity contribution in [1.82, 2.24) is 9.97 Å². The fourth-order valence-electron chi connectivity index (χ4n) is 2.24. The van der Waals surface area contributed by atoms with Crippen LogP contribution in [0.5, 0.6) is 0 Å². The van der Waals surface area contributed by atoms with Gasteiger partial charge in [-0.25, -0.2) is 9.37 Å². The predicted molar refractivity (Wildman–Crippen MR) is 95.9 cm³/mol. The van der Waals surface area contributed by atoms with Crippen LogP contribution in [0.4, 0.5) is 27.5 Å². The lowest BCUT2D eigenvalue weighted by Gasteiger charge is -2.11. The maximum Gasteiger partial charge on any atom is 0.229 e. The van der Waals surface area contributed by atoms with Crippen molar-refractivity contribution in [1.29, 1.82) is 0 Å². The van der Waals surface area contributed by atoms with E-state index in [0.717, 1.165) is 16.9 Å². The number of halogens is 2. The minimum Gasteiger partial charge on any atom is -0.340 e. The number of aryl methyl sites for hydroxylation is 2. The van der Waals surface area contributed by atoms with Gasteiger partial charge in [0.2, 0.25) is 5.95 Å². The molecule has 0 aliphatic heterocycles. The summed E-state index contributed by atoms with van der Waals surface area (Å²) in [6, 6.07) is 14.1. The molecule has 0 saturated heterocycles. The molecule has 0 atom stereocenters. The lowest BCUT2D eigenvalue weighted by atomic mass is 10.2. The molecule has 6 heteroatoms. The van der Waals surface area contributed by atoms with Gasteiger partial charge in [-0.3, -0.25) is 0 Å². The van der Waals surface area contributed by atoms with Crippen LogP contribution in [0.25, 0.3) is 0 Å². The fraction of sp³-hybridized carbons (Fsp3) is 0.111. The molecule has 3 rings (SSSR count). The minimum absolute atomic E-state index is 0.0593. The van der Waals surface area contributed by atoms with E-state index in [2.05, 4.69) is 20.6 Å². The summed E-state index contributed by atoms with van der Waals surface area (Å²) in [5, 5.41) is 6.38. The van der Waals surface area contributed by atoms with Crippen LogP contribution in [0.15, 0.2) is 48.5 Å². The van der Waals surface area contributed by atoms with E-state index in [-0.39, 0.29) is 5.02 Å². The smallest absolute Gasteiger partial charge is 0.229 e. The topological polar surface area (TPSA) is 49.8 Å². The normalized spacial score (nSPS) is 10.5. The molecule has 0 bridgehead atoms. The maximum atomic E-state index is 13.3. The van der Waals surface area contributed by atoms with Gasteiger partial charge in [-0.15, -0.1) is 0 Å². The molecule has 1 heterocycles. The number of aromatic nitrogens is 2. The first kappa shape index (κ1) is 16.2. The number of nitrogens with zero attached hydrogens (tertiary/aromatic N) is 2. The molecular formula is C18H16ClFN4. The summed E-state index contributed by atoms with van der Waals surface area (Å²) in [7, 11) is 0. The van der Waals surface area contributed by atoms with Gasteiger partial charge in [0.25, 0.3) is 0 Å². The van der Waals surface area contributed by atoms with Gasteiger partial charge in [0.15, 0.2) is 0 Å². The molecule has 2 aromatic carbocycles. The second-order valence-electron chi connectivity index (χ2n) is 5.41. The molecular weight excluding hydrogens is 327 g/mol. The molecule has 0 unspecified atom stereocenters. The molecule has 0 aliphatic carbocycles. The molecule has 0 amide bonds. The summed E-state index contributed by atoms with van der Waals surface area (Å²) in [6.45, 7) is 3.89. The van der Waals surface area contributed by atoms with E-state index >= 15 is 0 Å². The SMILES string of the molecule is Cc1cc(Nc2ccc(F)c(Cl)c2)nc(Nc2ccccc2C)n1. The van der Waals surface area contributed by atoms with Crippen molar-refractivity contribution in [3.63, 3.8) is 0 Å². The van der Waals surface area contributed by atoms with Gasteiger partial charge in [-0.1, -0.05) is 29.8 Å². The van der Waals surface area contributed by atoms with Crippen molar-refractivity contribution in [2.75, 3.05) is 10.6 Å². The van der Waals surface area contributed by atoms with Gasteiger partial charge in [-0.2, -0.15) is 4.98 Å². The number of rotatable bonds is 4. The summed E-state index contributed by atoms with van der Waals surface area (Å²) >= 11 is 5.81. The Kier molecular flexibility index (Phi) is 4.62. The largest absolute Gasteiger partial charge is 0.340 e. The highest BCUT2D eigenvalue weighted by molar-refractivity contribution is 6.31. The molecule has 3 aromatic rings. The molecule has 1 aromatic heterocycles. The van der Waals surface area contributed by atoms with Crippen LogP contribution in [-0.2, 0) is 0 Å². The summed E-state index contributed by atoms with van der Waals surface area (Å²) in [4.78, 5) is 8.84. The highest BCUT2D eigenvalue weighted by atomic mass is 35.5. The summed E-state index contributed by atoms with van der Waals surface area (Å²) in [5.74, 6) is 0.629.